The Labute approximate surface area is 92.8 Å². The first kappa shape index (κ1) is 11.8. The van der Waals surface area contributed by atoms with Crippen molar-refractivity contribution in [3.05, 3.63) is 36.9 Å². The highest BCUT2D eigenvalue weighted by Gasteiger charge is 2.04. The Morgan fingerprint density at radius 3 is 2.50 bits per heavy atom. The van der Waals surface area contributed by atoms with Crippen molar-refractivity contribution in [2.24, 2.45) is 0 Å². The van der Waals surface area contributed by atoms with E-state index in [1.54, 1.807) is 24.3 Å². The second kappa shape index (κ2) is 5.55. The zero-order valence-electron chi connectivity index (χ0n) is 8.56. The van der Waals surface area contributed by atoms with Crippen LogP contribution in [0.2, 0.25) is 0 Å². The molecule has 0 radical (unpaired) electrons. The van der Waals surface area contributed by atoms with Crippen LogP contribution in [0.1, 0.15) is 0 Å². The van der Waals surface area contributed by atoms with Crippen LogP contribution in [0.4, 0.5) is 11.4 Å². The Bertz CT molecular complexity index is 415. The van der Waals surface area contributed by atoms with E-state index in [0.717, 1.165) is 6.08 Å². The fourth-order valence-electron chi connectivity index (χ4n) is 1.10. The molecule has 0 aliphatic carbocycles. The molecule has 1 aromatic carbocycles. The van der Waals surface area contributed by atoms with Crippen molar-refractivity contribution in [1.29, 1.82) is 0 Å². The molecule has 0 aliphatic heterocycles. The lowest BCUT2D eigenvalue weighted by Crippen LogP contribution is -2.15. The first-order valence-electron chi connectivity index (χ1n) is 4.61. The molecule has 1 rings (SSSR count). The van der Waals surface area contributed by atoms with Crippen LogP contribution in [0.5, 0.6) is 0 Å². The number of aliphatic carboxylic acids is 1. The van der Waals surface area contributed by atoms with E-state index in [1.165, 1.54) is 0 Å². The Balaban J connectivity index is 2.78. The second-order valence-corrected chi connectivity index (χ2v) is 2.99. The van der Waals surface area contributed by atoms with Gasteiger partial charge in [-0.05, 0) is 18.2 Å². The molecule has 84 valence electrons. The van der Waals surface area contributed by atoms with Gasteiger partial charge in [0.25, 0.3) is 0 Å². The number of hydrogen-bond acceptors (Lipinski definition) is 3. The lowest BCUT2D eigenvalue weighted by molar-refractivity contribution is -0.134. The molecule has 0 aliphatic rings. The van der Waals surface area contributed by atoms with Crippen molar-refractivity contribution in [1.82, 2.24) is 0 Å². The molecule has 0 unspecified atom stereocenters. The number of nitrogens with one attached hydrogen (secondary N) is 2. The summed E-state index contributed by atoms with van der Waals surface area (Å²) in [4.78, 5) is 21.5. The van der Waals surface area contributed by atoms with Gasteiger partial charge in [0.1, 0.15) is 6.54 Å². The van der Waals surface area contributed by atoms with Gasteiger partial charge < -0.3 is 15.7 Å². The number of benzene rings is 1. The SMILES string of the molecule is C=CC(=O)Nc1ccccc1NCC(=O)O. The van der Waals surface area contributed by atoms with E-state index >= 15 is 0 Å². The summed E-state index contributed by atoms with van der Waals surface area (Å²) >= 11 is 0. The maximum atomic E-state index is 11.1. The van der Waals surface area contributed by atoms with Crippen molar-refractivity contribution in [3.63, 3.8) is 0 Å². The third-order valence-corrected chi connectivity index (χ3v) is 1.80. The lowest BCUT2D eigenvalue weighted by atomic mass is 10.2. The molecule has 0 saturated carbocycles. The summed E-state index contributed by atoms with van der Waals surface area (Å²) < 4.78 is 0. The number of hydrogen-bond donors (Lipinski definition) is 3. The number of rotatable bonds is 5. The van der Waals surface area contributed by atoms with Crippen molar-refractivity contribution in [2.45, 2.75) is 0 Å². The normalized spacial score (nSPS) is 9.25. The molecule has 0 aromatic heterocycles. The topological polar surface area (TPSA) is 78.4 Å². The first-order valence-corrected chi connectivity index (χ1v) is 4.61. The molecule has 1 aromatic rings. The summed E-state index contributed by atoms with van der Waals surface area (Å²) in [5.74, 6) is -1.31. The van der Waals surface area contributed by atoms with Gasteiger partial charge in [0.15, 0.2) is 0 Å². The number of carbonyl (C=O) groups excluding carboxylic acids is 1. The van der Waals surface area contributed by atoms with E-state index in [-0.39, 0.29) is 12.5 Å². The molecule has 3 N–H and O–H groups in total. The molecule has 16 heavy (non-hydrogen) atoms. The third-order valence-electron chi connectivity index (χ3n) is 1.80. The zero-order chi connectivity index (χ0) is 12.0. The largest absolute Gasteiger partial charge is 0.480 e. The number of anilines is 2. The van der Waals surface area contributed by atoms with Gasteiger partial charge in [0, 0.05) is 0 Å². The van der Waals surface area contributed by atoms with E-state index in [4.69, 9.17) is 5.11 Å². The van der Waals surface area contributed by atoms with Crippen LogP contribution in [0.3, 0.4) is 0 Å². The molecule has 5 nitrogen and oxygen atoms in total. The Kier molecular flexibility index (Phi) is 4.08. The summed E-state index contributed by atoms with van der Waals surface area (Å²) in [6.45, 7) is 3.13. The highest BCUT2D eigenvalue weighted by molar-refractivity contribution is 6.01. The van der Waals surface area contributed by atoms with E-state index in [0.29, 0.717) is 11.4 Å². The van der Waals surface area contributed by atoms with Crippen molar-refractivity contribution in [2.75, 3.05) is 17.2 Å². The Morgan fingerprint density at radius 2 is 1.94 bits per heavy atom. The summed E-state index contributed by atoms with van der Waals surface area (Å²) in [6, 6.07) is 6.84. The quantitative estimate of drug-likeness (QED) is 0.654. The average molecular weight is 220 g/mol. The number of para-hydroxylation sites is 2. The van der Waals surface area contributed by atoms with Gasteiger partial charge >= 0.3 is 5.97 Å². The fraction of sp³-hybridized carbons (Fsp3) is 0.0909. The van der Waals surface area contributed by atoms with Crippen LogP contribution in [0.25, 0.3) is 0 Å². The Morgan fingerprint density at radius 1 is 1.31 bits per heavy atom. The number of carbonyl (C=O) groups is 2. The van der Waals surface area contributed by atoms with Crippen LogP contribution < -0.4 is 10.6 Å². The summed E-state index contributed by atoms with van der Waals surface area (Å²) in [5, 5.41) is 13.8. The van der Waals surface area contributed by atoms with Crippen molar-refractivity contribution < 1.29 is 14.7 Å². The zero-order valence-corrected chi connectivity index (χ0v) is 8.56. The van der Waals surface area contributed by atoms with Gasteiger partial charge in [-0.3, -0.25) is 9.59 Å². The van der Waals surface area contributed by atoms with Crippen LogP contribution >= 0.6 is 0 Å². The number of carboxylic acid groups (broad SMARTS) is 1. The molecule has 5 heteroatoms. The minimum absolute atomic E-state index is 0.207. The Hall–Kier alpha value is -2.30. The minimum atomic E-state index is -0.968. The van der Waals surface area contributed by atoms with E-state index in [9.17, 15) is 9.59 Å². The van der Waals surface area contributed by atoms with Gasteiger partial charge in [-0.1, -0.05) is 18.7 Å². The predicted octanol–water partition coefficient (Wildman–Crippen LogP) is 1.31. The van der Waals surface area contributed by atoms with Gasteiger partial charge in [-0.15, -0.1) is 0 Å². The number of carboxylic acids is 1. The molecule has 0 heterocycles. The van der Waals surface area contributed by atoms with Gasteiger partial charge in [-0.2, -0.15) is 0 Å². The molecule has 0 fully saturated rings. The summed E-state index contributed by atoms with van der Waals surface area (Å²) in [5.41, 5.74) is 1.08. The van der Waals surface area contributed by atoms with Gasteiger partial charge in [-0.25, -0.2) is 0 Å². The van der Waals surface area contributed by atoms with Crippen LogP contribution in [-0.4, -0.2) is 23.5 Å². The number of amides is 1. The molecular weight excluding hydrogens is 208 g/mol. The van der Waals surface area contributed by atoms with Gasteiger partial charge in [0.05, 0.1) is 11.4 Å². The van der Waals surface area contributed by atoms with Crippen molar-refractivity contribution in [3.8, 4) is 0 Å². The van der Waals surface area contributed by atoms with Crippen LogP contribution in [0, 0.1) is 0 Å². The first-order chi connectivity index (χ1) is 7.63. The van der Waals surface area contributed by atoms with E-state index in [1.807, 2.05) is 0 Å². The van der Waals surface area contributed by atoms with Crippen LogP contribution in [0.15, 0.2) is 36.9 Å². The molecule has 1 amide bonds. The maximum Gasteiger partial charge on any atom is 0.322 e. The minimum Gasteiger partial charge on any atom is -0.480 e. The predicted molar refractivity (Wildman–Crippen MR) is 61.4 cm³/mol. The highest BCUT2D eigenvalue weighted by atomic mass is 16.4. The second-order valence-electron chi connectivity index (χ2n) is 2.99. The molecule has 0 atom stereocenters. The molecule has 0 saturated heterocycles. The van der Waals surface area contributed by atoms with Crippen molar-refractivity contribution >= 4 is 23.3 Å². The molecular formula is C11H12N2O3. The maximum absolute atomic E-state index is 11.1. The average Bonchev–Trinajstić information content (AvgIpc) is 2.27. The summed E-state index contributed by atoms with van der Waals surface area (Å²) in [6.07, 6.45) is 1.15. The van der Waals surface area contributed by atoms with E-state index < -0.39 is 5.97 Å². The molecule has 0 bridgehead atoms. The molecule has 0 spiro atoms. The summed E-state index contributed by atoms with van der Waals surface area (Å²) in [7, 11) is 0. The smallest absolute Gasteiger partial charge is 0.322 e. The lowest BCUT2D eigenvalue weighted by Gasteiger charge is -2.10. The van der Waals surface area contributed by atoms with Gasteiger partial charge in [0.2, 0.25) is 5.91 Å². The highest BCUT2D eigenvalue weighted by Crippen LogP contribution is 2.20. The third kappa shape index (κ3) is 3.45. The monoisotopic (exact) mass is 220 g/mol. The van der Waals surface area contributed by atoms with E-state index in [2.05, 4.69) is 17.2 Å². The fourth-order valence-corrected chi connectivity index (χ4v) is 1.10. The standard InChI is InChI=1S/C11H12N2O3/c1-2-10(14)13-9-6-4-3-5-8(9)12-7-11(15)16/h2-6,12H,1,7H2,(H,13,14)(H,15,16). The van der Waals surface area contributed by atoms with Crippen LogP contribution in [-0.2, 0) is 9.59 Å².